The van der Waals surface area contributed by atoms with Crippen LogP contribution in [-0.2, 0) is 14.3 Å². The lowest BCUT2D eigenvalue weighted by molar-refractivity contribution is -0.122. The normalized spacial score (nSPS) is 25.1. The molecule has 12 heteroatoms. The van der Waals surface area contributed by atoms with Gasteiger partial charge in [-0.3, -0.25) is 19.6 Å². The zero-order valence-electron chi connectivity index (χ0n) is 19.9. The number of fused-ring (bicyclic) bond motifs is 2. The van der Waals surface area contributed by atoms with Gasteiger partial charge in [0.15, 0.2) is 18.2 Å². The fourth-order valence-electron chi connectivity index (χ4n) is 4.76. The Morgan fingerprint density at radius 2 is 2.00 bits per heavy atom. The third-order valence-corrected chi connectivity index (χ3v) is 6.93. The van der Waals surface area contributed by atoms with Gasteiger partial charge in [-0.05, 0) is 26.2 Å². The summed E-state index contributed by atoms with van der Waals surface area (Å²) >= 11 is 0. The Morgan fingerprint density at radius 1 is 1.25 bits per heavy atom. The Balaban J connectivity index is 1.11. The highest BCUT2D eigenvalue weighted by Crippen LogP contribution is 2.40. The maximum absolute atomic E-state index is 12.6. The summed E-state index contributed by atoms with van der Waals surface area (Å²) in [4.78, 5) is 38.2. The lowest BCUT2D eigenvalue weighted by Crippen LogP contribution is -2.66. The molecule has 2 unspecified atom stereocenters. The number of amides is 2. The summed E-state index contributed by atoms with van der Waals surface area (Å²) < 4.78 is 21.7. The summed E-state index contributed by atoms with van der Waals surface area (Å²) in [7, 11) is 1.41. The lowest BCUT2D eigenvalue weighted by atomic mass is 9.80. The fourth-order valence-corrected chi connectivity index (χ4v) is 4.76. The van der Waals surface area contributed by atoms with Gasteiger partial charge in [-0.1, -0.05) is 0 Å². The second-order valence-electron chi connectivity index (χ2n) is 9.30. The predicted octanol–water partition coefficient (Wildman–Crippen LogP) is 2.20. The number of aromatic nitrogens is 2. The molecule has 2 aromatic rings. The van der Waals surface area contributed by atoms with E-state index in [2.05, 4.69) is 15.5 Å². The number of rotatable bonds is 8. The number of nitrogens with zero attached hydrogens (tertiary/aromatic N) is 2. The summed E-state index contributed by atoms with van der Waals surface area (Å²) in [6.07, 6.45) is 1.37. The zero-order valence-corrected chi connectivity index (χ0v) is 19.9. The number of aromatic hydroxyl groups is 1. The maximum atomic E-state index is 12.6. The van der Waals surface area contributed by atoms with Gasteiger partial charge in [0.2, 0.25) is 0 Å². The number of phenols is 1. The number of nitrogens with one attached hydrogen (secondary N) is 2. The van der Waals surface area contributed by atoms with Crippen LogP contribution in [0.3, 0.4) is 0 Å². The third kappa shape index (κ3) is 4.55. The first-order valence-electron chi connectivity index (χ1n) is 11.8. The van der Waals surface area contributed by atoms with Gasteiger partial charge in [-0.25, -0.2) is 4.79 Å². The number of phenolic OH excluding ortho intramolecular Hbond substituents is 1. The van der Waals surface area contributed by atoms with Crippen molar-refractivity contribution in [2.75, 3.05) is 25.6 Å². The number of aromatic amines is 1. The van der Waals surface area contributed by atoms with Gasteiger partial charge < -0.3 is 29.4 Å². The summed E-state index contributed by atoms with van der Waals surface area (Å²) in [5.41, 5.74) is 0.754. The largest absolute Gasteiger partial charge is 0.507 e. The van der Waals surface area contributed by atoms with E-state index in [4.69, 9.17) is 18.9 Å². The first-order chi connectivity index (χ1) is 17.4. The van der Waals surface area contributed by atoms with Gasteiger partial charge in [-0.15, -0.1) is 0 Å². The summed E-state index contributed by atoms with van der Waals surface area (Å²) in [6.45, 7) is 2.66. The van der Waals surface area contributed by atoms with Gasteiger partial charge in [-0.2, -0.15) is 5.10 Å². The van der Waals surface area contributed by atoms with E-state index in [9.17, 15) is 19.5 Å². The molecule has 2 saturated heterocycles. The van der Waals surface area contributed by atoms with Crippen LogP contribution in [-0.4, -0.2) is 83.1 Å². The highest BCUT2D eigenvalue weighted by atomic mass is 16.6. The molecule has 1 aliphatic carbocycles. The van der Waals surface area contributed by atoms with Crippen molar-refractivity contribution < 1.29 is 38.4 Å². The number of carbonyl (C=O) groups is 3. The summed E-state index contributed by atoms with van der Waals surface area (Å²) in [5, 5.41) is 19.7. The Morgan fingerprint density at radius 3 is 2.67 bits per heavy atom. The SMILES string of the molecule is COc1cc(O)c(C=O)c(O[C@H](C)C(=O)Nc2cc(C3CC(OC(=O)N4C5COCC4C5)C3)[nH]n2)c1. The molecule has 2 amide bonds. The molecule has 0 spiro atoms. The zero-order chi connectivity index (χ0) is 25.4. The number of anilines is 1. The molecule has 3 atom stereocenters. The van der Waals surface area contributed by atoms with Crippen molar-refractivity contribution in [2.24, 2.45) is 0 Å². The number of methoxy groups -OCH3 is 1. The van der Waals surface area contributed by atoms with Crippen LogP contribution in [0.5, 0.6) is 17.2 Å². The molecule has 3 heterocycles. The van der Waals surface area contributed by atoms with Crippen LogP contribution in [0.1, 0.15) is 48.2 Å². The van der Waals surface area contributed by atoms with Gasteiger partial charge >= 0.3 is 6.09 Å². The van der Waals surface area contributed by atoms with E-state index in [-0.39, 0.29) is 53.0 Å². The average Bonchev–Trinajstić information content (AvgIpc) is 3.28. The van der Waals surface area contributed by atoms with Crippen LogP contribution in [0.2, 0.25) is 0 Å². The first kappa shape index (κ1) is 23.9. The van der Waals surface area contributed by atoms with Crippen LogP contribution >= 0.6 is 0 Å². The van der Waals surface area contributed by atoms with Gasteiger partial charge in [0.1, 0.15) is 23.4 Å². The van der Waals surface area contributed by atoms with E-state index in [1.807, 2.05) is 0 Å². The minimum absolute atomic E-state index is 0.0247. The smallest absolute Gasteiger partial charge is 0.410 e. The second-order valence-corrected chi connectivity index (χ2v) is 9.30. The standard InChI is InChI=1S/C24H28N4O8/c1-12(35-21-7-16(33-2)6-20(30)18(21)9-29)23(31)25-22-8-19(26-27-22)13-3-17(4-13)36-24(32)28-14-5-15(28)11-34-10-14/h6-9,12-15,17,30H,3-5,10-11H2,1-2H3,(H2,25,26,27,31)/t12-,13?,14?,15?,17?/m1/s1. The number of hydrogen-bond donors (Lipinski definition) is 3. The Bertz CT molecular complexity index is 1150. The molecular formula is C24H28N4O8. The number of morpholine rings is 1. The molecule has 36 heavy (non-hydrogen) atoms. The van der Waals surface area contributed by atoms with Crippen LogP contribution in [0.15, 0.2) is 18.2 Å². The molecule has 1 saturated carbocycles. The Kier molecular flexibility index (Phi) is 6.44. The predicted molar refractivity (Wildman–Crippen MR) is 124 cm³/mol. The maximum Gasteiger partial charge on any atom is 0.410 e. The minimum Gasteiger partial charge on any atom is -0.507 e. The van der Waals surface area contributed by atoms with Gasteiger partial charge in [0.05, 0.1) is 38.0 Å². The number of ether oxygens (including phenoxy) is 4. The van der Waals surface area contributed by atoms with E-state index < -0.39 is 12.0 Å². The summed E-state index contributed by atoms with van der Waals surface area (Å²) in [6, 6.07) is 4.71. The van der Waals surface area contributed by atoms with Crippen molar-refractivity contribution in [1.29, 1.82) is 0 Å². The van der Waals surface area contributed by atoms with Crippen LogP contribution in [0, 0.1) is 0 Å². The fraction of sp³-hybridized carbons (Fsp3) is 0.500. The highest BCUT2D eigenvalue weighted by Gasteiger charge is 2.47. The van der Waals surface area contributed by atoms with Crippen LogP contribution in [0.4, 0.5) is 10.6 Å². The molecule has 1 aromatic heterocycles. The molecule has 3 N–H and O–H groups in total. The van der Waals surface area contributed by atoms with Crippen LogP contribution < -0.4 is 14.8 Å². The number of H-pyrrole nitrogens is 1. The molecule has 2 bridgehead atoms. The summed E-state index contributed by atoms with van der Waals surface area (Å²) in [5.74, 6) is -0.0282. The van der Waals surface area contributed by atoms with Gasteiger partial charge in [0.25, 0.3) is 5.91 Å². The molecule has 3 fully saturated rings. The number of hydrogen-bond acceptors (Lipinski definition) is 9. The van der Waals surface area contributed by atoms with Crippen molar-refractivity contribution in [2.45, 2.75) is 56.4 Å². The molecule has 192 valence electrons. The lowest BCUT2D eigenvalue weighted by Gasteiger charge is -2.51. The number of carbonyl (C=O) groups excluding carboxylic acids is 3. The topological polar surface area (TPSA) is 152 Å². The van der Waals surface area contributed by atoms with E-state index >= 15 is 0 Å². The van der Waals surface area contributed by atoms with Crippen molar-refractivity contribution in [3.05, 3.63) is 29.5 Å². The number of aldehydes is 1. The van der Waals surface area contributed by atoms with Crippen molar-refractivity contribution in [3.8, 4) is 17.2 Å². The molecule has 1 aromatic carbocycles. The number of benzene rings is 1. The van der Waals surface area contributed by atoms with E-state index in [1.54, 1.807) is 11.0 Å². The molecular weight excluding hydrogens is 472 g/mol. The van der Waals surface area contributed by atoms with E-state index in [0.717, 1.165) is 12.1 Å². The van der Waals surface area contributed by atoms with E-state index in [0.29, 0.717) is 38.2 Å². The van der Waals surface area contributed by atoms with Crippen molar-refractivity contribution in [1.82, 2.24) is 15.1 Å². The monoisotopic (exact) mass is 500 g/mol. The Labute approximate surface area is 206 Å². The molecule has 0 radical (unpaired) electrons. The molecule has 12 nitrogen and oxygen atoms in total. The highest BCUT2D eigenvalue weighted by molar-refractivity contribution is 5.93. The van der Waals surface area contributed by atoms with Crippen LogP contribution in [0.25, 0.3) is 0 Å². The molecule has 3 aliphatic rings. The third-order valence-electron chi connectivity index (χ3n) is 6.93. The average molecular weight is 501 g/mol. The quantitative estimate of drug-likeness (QED) is 0.463. The molecule has 5 rings (SSSR count). The first-order valence-corrected chi connectivity index (χ1v) is 11.8. The van der Waals surface area contributed by atoms with Crippen molar-refractivity contribution in [3.63, 3.8) is 0 Å². The van der Waals surface area contributed by atoms with Gasteiger partial charge in [0, 0.05) is 29.8 Å². The molecule has 2 aliphatic heterocycles. The Hall–Kier alpha value is -3.80. The van der Waals surface area contributed by atoms with Crippen molar-refractivity contribution >= 4 is 24.1 Å². The van der Waals surface area contributed by atoms with E-state index in [1.165, 1.54) is 26.2 Å². The minimum atomic E-state index is -0.991. The second kappa shape index (κ2) is 9.69.